The van der Waals surface area contributed by atoms with Crippen molar-refractivity contribution >= 4 is 32.7 Å². The second kappa shape index (κ2) is 3.21. The average molecular weight is 216 g/mol. The first-order chi connectivity index (χ1) is 6.16. The Morgan fingerprint density at radius 2 is 2.31 bits per heavy atom. The van der Waals surface area contributed by atoms with Gasteiger partial charge in [0.15, 0.2) is 15.6 Å². The van der Waals surface area contributed by atoms with Crippen LogP contribution in [0.1, 0.15) is 5.56 Å². The highest BCUT2D eigenvalue weighted by Gasteiger charge is 2.20. The summed E-state index contributed by atoms with van der Waals surface area (Å²) < 4.78 is 10.9. The maximum Gasteiger partial charge on any atom is 0.228 e. The zero-order valence-corrected chi connectivity index (χ0v) is 8.11. The number of nitrogens with one attached hydrogen (secondary N) is 1. The Bertz CT molecular complexity index is 367. The van der Waals surface area contributed by atoms with Crippen molar-refractivity contribution in [2.24, 2.45) is 0 Å². The van der Waals surface area contributed by atoms with Gasteiger partial charge in [-0.25, -0.2) is 0 Å². The van der Waals surface area contributed by atoms with Crippen LogP contribution in [0.25, 0.3) is 0 Å². The van der Waals surface area contributed by atoms with E-state index in [0.717, 1.165) is 11.3 Å². The monoisotopic (exact) mass is 215 g/mol. The summed E-state index contributed by atoms with van der Waals surface area (Å²) in [6, 6.07) is 5.06. The van der Waals surface area contributed by atoms with E-state index in [1.165, 1.54) is 0 Å². The van der Waals surface area contributed by atoms with Gasteiger partial charge in [-0.3, -0.25) is 4.79 Å². The third-order valence-electron chi connectivity index (χ3n) is 1.89. The number of carbonyl (C=O) groups is 1. The van der Waals surface area contributed by atoms with E-state index < -0.39 is 10.4 Å². The Morgan fingerprint density at radius 3 is 3.00 bits per heavy atom. The van der Waals surface area contributed by atoms with E-state index in [1.807, 2.05) is 0 Å². The molecule has 1 N–H and O–H groups in total. The molecule has 1 amide bonds. The molecule has 1 aromatic carbocycles. The van der Waals surface area contributed by atoms with E-state index in [0.29, 0.717) is 11.3 Å². The summed E-state index contributed by atoms with van der Waals surface area (Å²) in [5.74, 6) is -0.0347. The van der Waals surface area contributed by atoms with Crippen LogP contribution < -0.4 is 5.32 Å². The van der Waals surface area contributed by atoms with E-state index in [4.69, 9.17) is 10.7 Å². The summed E-state index contributed by atoms with van der Waals surface area (Å²) in [6.45, 7) is 0. The van der Waals surface area contributed by atoms with Crippen LogP contribution in [0.3, 0.4) is 0 Å². The maximum atomic E-state index is 11.0. The van der Waals surface area contributed by atoms with E-state index in [1.54, 1.807) is 18.2 Å². The molecule has 2 rings (SSSR count). The van der Waals surface area contributed by atoms with Crippen LogP contribution in [0, 0.1) is 0 Å². The van der Waals surface area contributed by atoms with Crippen molar-refractivity contribution in [3.63, 3.8) is 0 Å². The van der Waals surface area contributed by atoms with Crippen LogP contribution in [-0.2, 0) is 21.6 Å². The number of halogens is 1. The molecular formula is C8H6ClNO2S. The smallest absolute Gasteiger partial charge is 0.228 e. The normalized spacial score (nSPS) is 16.6. The van der Waals surface area contributed by atoms with E-state index in [-0.39, 0.29) is 5.91 Å². The molecule has 0 saturated carbocycles. The molecule has 1 atom stereocenters. The largest absolute Gasteiger partial charge is 0.594 e. The lowest BCUT2D eigenvalue weighted by molar-refractivity contribution is -0.115. The van der Waals surface area contributed by atoms with Gasteiger partial charge in [-0.1, -0.05) is 0 Å². The molecule has 0 fully saturated rings. The van der Waals surface area contributed by atoms with Crippen molar-refractivity contribution in [2.75, 3.05) is 5.32 Å². The van der Waals surface area contributed by atoms with Crippen molar-refractivity contribution in [1.82, 2.24) is 0 Å². The van der Waals surface area contributed by atoms with Crippen LogP contribution in [0.2, 0.25) is 0 Å². The van der Waals surface area contributed by atoms with Gasteiger partial charge in [0.05, 0.1) is 6.42 Å². The lowest BCUT2D eigenvalue weighted by atomic mass is 10.2. The molecule has 1 aliphatic rings. The molecule has 13 heavy (non-hydrogen) atoms. The molecule has 0 spiro atoms. The predicted octanol–water partition coefficient (Wildman–Crippen LogP) is 1.44. The first-order valence-corrected chi connectivity index (χ1v) is 5.65. The van der Waals surface area contributed by atoms with E-state index >= 15 is 0 Å². The Kier molecular flexibility index (Phi) is 2.19. The van der Waals surface area contributed by atoms with Crippen LogP contribution in [0.5, 0.6) is 0 Å². The predicted molar refractivity (Wildman–Crippen MR) is 51.0 cm³/mol. The minimum atomic E-state index is -1.50. The topological polar surface area (TPSA) is 52.2 Å². The lowest BCUT2D eigenvalue weighted by Crippen LogP contribution is -2.03. The van der Waals surface area contributed by atoms with E-state index in [2.05, 4.69) is 5.32 Å². The Morgan fingerprint density at radius 1 is 1.54 bits per heavy atom. The summed E-state index contributed by atoms with van der Waals surface area (Å²) >= 11 is 0. The SMILES string of the molecule is O=C1Cc2cc([S+]([O-])Cl)ccc2N1. The van der Waals surface area contributed by atoms with E-state index in [9.17, 15) is 9.35 Å². The highest BCUT2D eigenvalue weighted by Crippen LogP contribution is 2.26. The third-order valence-corrected chi connectivity index (χ3v) is 3.05. The molecule has 68 valence electrons. The van der Waals surface area contributed by atoms with Crippen LogP contribution >= 0.6 is 10.7 Å². The summed E-state index contributed by atoms with van der Waals surface area (Å²) in [6.07, 6.45) is 0.345. The minimum absolute atomic E-state index is 0.0347. The molecule has 1 aromatic rings. The number of rotatable bonds is 1. The number of hydrogen-bond donors (Lipinski definition) is 1. The van der Waals surface area contributed by atoms with Crippen LogP contribution in [0.15, 0.2) is 23.1 Å². The molecule has 1 heterocycles. The Balaban J connectivity index is 2.40. The van der Waals surface area contributed by atoms with Crippen molar-refractivity contribution < 1.29 is 9.35 Å². The zero-order valence-electron chi connectivity index (χ0n) is 6.54. The lowest BCUT2D eigenvalue weighted by Gasteiger charge is -2.01. The molecule has 5 heteroatoms. The second-order valence-corrected chi connectivity index (χ2v) is 4.53. The number of hydrogen-bond acceptors (Lipinski definition) is 2. The number of fused-ring (bicyclic) bond motifs is 1. The fourth-order valence-electron chi connectivity index (χ4n) is 1.31. The van der Waals surface area contributed by atoms with Gasteiger partial charge in [-0.15, -0.1) is 0 Å². The quantitative estimate of drug-likeness (QED) is 0.721. The first kappa shape index (κ1) is 8.87. The van der Waals surface area contributed by atoms with Gasteiger partial charge in [-0.2, -0.15) is 0 Å². The fraction of sp³-hybridized carbons (Fsp3) is 0.125. The number of carbonyl (C=O) groups excluding carboxylic acids is 1. The average Bonchev–Trinajstić information content (AvgIpc) is 2.42. The van der Waals surface area contributed by atoms with Gasteiger partial charge in [0.2, 0.25) is 5.91 Å². The molecule has 0 aromatic heterocycles. The summed E-state index contributed by atoms with van der Waals surface area (Å²) in [5, 5.41) is 2.68. The molecule has 1 unspecified atom stereocenters. The van der Waals surface area contributed by atoms with Crippen LogP contribution in [-0.4, -0.2) is 10.5 Å². The van der Waals surface area contributed by atoms with Gasteiger partial charge in [0.1, 0.15) is 10.4 Å². The number of benzene rings is 1. The molecule has 0 bridgehead atoms. The minimum Gasteiger partial charge on any atom is -0.594 e. The third kappa shape index (κ3) is 1.65. The molecule has 1 aliphatic heterocycles. The summed E-state index contributed by atoms with van der Waals surface area (Å²) in [5.41, 5.74) is 1.65. The summed E-state index contributed by atoms with van der Waals surface area (Å²) in [4.78, 5) is 11.5. The van der Waals surface area contributed by atoms with Gasteiger partial charge >= 0.3 is 0 Å². The highest BCUT2D eigenvalue weighted by atomic mass is 35.7. The van der Waals surface area contributed by atoms with Gasteiger partial charge in [0, 0.05) is 11.8 Å². The Labute approximate surface area is 82.8 Å². The maximum absolute atomic E-state index is 11.0. The van der Waals surface area contributed by atoms with Gasteiger partial charge in [-0.05, 0) is 17.7 Å². The van der Waals surface area contributed by atoms with Gasteiger partial charge in [0.25, 0.3) is 0 Å². The number of anilines is 1. The molecule has 0 aliphatic carbocycles. The van der Waals surface area contributed by atoms with Crippen LogP contribution in [0.4, 0.5) is 5.69 Å². The second-order valence-electron chi connectivity index (χ2n) is 2.77. The standard InChI is InChI=1S/C8H6ClNO2S/c9-13(12)6-1-2-7-5(3-6)4-8(11)10-7/h1-3H,4H2,(H,10,11). The van der Waals surface area contributed by atoms with Gasteiger partial charge < -0.3 is 9.87 Å². The fourth-order valence-corrected chi connectivity index (χ4v) is 2.00. The number of amides is 1. The molecule has 0 radical (unpaired) electrons. The van der Waals surface area contributed by atoms with Crippen molar-refractivity contribution in [2.45, 2.75) is 11.3 Å². The van der Waals surface area contributed by atoms with Crippen molar-refractivity contribution in [3.05, 3.63) is 23.8 Å². The Hall–Kier alpha value is -0.710. The first-order valence-electron chi connectivity index (χ1n) is 3.67. The highest BCUT2D eigenvalue weighted by molar-refractivity contribution is 8.13. The summed E-state index contributed by atoms with van der Waals surface area (Å²) in [7, 11) is 3.91. The van der Waals surface area contributed by atoms with Crippen molar-refractivity contribution in [3.8, 4) is 0 Å². The van der Waals surface area contributed by atoms with Crippen molar-refractivity contribution in [1.29, 1.82) is 0 Å². The molecule has 3 nitrogen and oxygen atoms in total. The zero-order chi connectivity index (χ0) is 9.42. The molecule has 0 saturated heterocycles. The molecular weight excluding hydrogens is 210 g/mol.